The van der Waals surface area contributed by atoms with Crippen LogP contribution in [0.4, 0.5) is 0 Å². The first-order chi connectivity index (χ1) is 10.2. The molecule has 1 aliphatic carbocycles. The topological polar surface area (TPSA) is 26.3 Å². The Labute approximate surface area is 124 Å². The zero-order valence-electron chi connectivity index (χ0n) is 12.0. The molecule has 0 saturated heterocycles. The van der Waals surface area contributed by atoms with Gasteiger partial charge >= 0.3 is 0 Å². The number of carbonyl (C=O) groups excluding carboxylic acids is 1. The van der Waals surface area contributed by atoms with Gasteiger partial charge in [0.1, 0.15) is 17.3 Å². The second-order valence-electron chi connectivity index (χ2n) is 5.77. The minimum Gasteiger partial charge on any atom is -0.456 e. The van der Waals surface area contributed by atoms with E-state index in [2.05, 4.69) is 31.2 Å². The number of aryl methyl sites for hydroxylation is 1. The maximum Gasteiger partial charge on any atom is 0.137 e. The summed E-state index contributed by atoms with van der Waals surface area (Å²) in [5, 5.41) is 0. The lowest BCUT2D eigenvalue weighted by Crippen LogP contribution is -2.08. The van der Waals surface area contributed by atoms with Crippen molar-refractivity contribution in [3.8, 4) is 11.5 Å². The van der Waals surface area contributed by atoms with Gasteiger partial charge in [0, 0.05) is 24.0 Å². The number of allylic oxidation sites excluding steroid dienone is 2. The highest BCUT2D eigenvalue weighted by Gasteiger charge is 2.27. The molecule has 0 N–H and O–H groups in total. The predicted molar refractivity (Wildman–Crippen MR) is 83.4 cm³/mol. The van der Waals surface area contributed by atoms with E-state index >= 15 is 0 Å². The van der Waals surface area contributed by atoms with Gasteiger partial charge in [0.2, 0.25) is 0 Å². The van der Waals surface area contributed by atoms with Gasteiger partial charge < -0.3 is 4.74 Å². The molecule has 104 valence electrons. The minimum absolute atomic E-state index is 0.319. The number of Topliss-reactive ketones (excluding diaryl/α,β-unsaturated/α-hetero) is 1. The summed E-state index contributed by atoms with van der Waals surface area (Å²) in [5.41, 5.74) is 5.78. The van der Waals surface area contributed by atoms with Gasteiger partial charge in [0.25, 0.3) is 0 Å². The smallest absolute Gasteiger partial charge is 0.137 e. The lowest BCUT2D eigenvalue weighted by Gasteiger charge is -2.19. The number of fused-ring (bicyclic) bond motifs is 4. The van der Waals surface area contributed by atoms with E-state index in [0.29, 0.717) is 18.6 Å². The average Bonchev–Trinajstić information content (AvgIpc) is 2.60. The zero-order chi connectivity index (χ0) is 14.4. The standard InChI is InChI=1S/C19H16O2/c1-12-6-8-16-17-11-13(20)7-9-14(17)15-4-2-3-5-18(15)21-19(16)10-12/h2-6,8,10H,7,9,11H2,1H3. The molecule has 0 fully saturated rings. The fourth-order valence-electron chi connectivity index (χ4n) is 3.25. The molecular weight excluding hydrogens is 260 g/mol. The van der Waals surface area contributed by atoms with E-state index in [9.17, 15) is 4.79 Å². The molecule has 2 aromatic rings. The second kappa shape index (κ2) is 4.59. The fraction of sp³-hybridized carbons (Fsp3) is 0.211. The van der Waals surface area contributed by atoms with Crippen LogP contribution in [0, 0.1) is 6.92 Å². The summed E-state index contributed by atoms with van der Waals surface area (Å²) >= 11 is 0. The summed E-state index contributed by atoms with van der Waals surface area (Å²) in [6.07, 6.45) is 1.96. The van der Waals surface area contributed by atoms with Gasteiger partial charge in [0.15, 0.2) is 0 Å². The number of ketones is 1. The summed E-state index contributed by atoms with van der Waals surface area (Å²) in [5.74, 6) is 2.07. The Morgan fingerprint density at radius 3 is 2.62 bits per heavy atom. The molecule has 2 nitrogen and oxygen atoms in total. The van der Waals surface area contributed by atoms with Crippen LogP contribution in [0.25, 0.3) is 11.1 Å². The highest BCUT2D eigenvalue weighted by atomic mass is 16.5. The van der Waals surface area contributed by atoms with Gasteiger partial charge in [-0.2, -0.15) is 0 Å². The average molecular weight is 276 g/mol. The van der Waals surface area contributed by atoms with Crippen molar-refractivity contribution >= 4 is 16.9 Å². The van der Waals surface area contributed by atoms with Crippen molar-refractivity contribution in [3.63, 3.8) is 0 Å². The van der Waals surface area contributed by atoms with Crippen LogP contribution >= 0.6 is 0 Å². The third-order valence-corrected chi connectivity index (χ3v) is 4.29. The van der Waals surface area contributed by atoms with E-state index in [1.807, 2.05) is 18.2 Å². The first-order valence-corrected chi connectivity index (χ1v) is 7.34. The largest absolute Gasteiger partial charge is 0.456 e. The van der Waals surface area contributed by atoms with Crippen molar-refractivity contribution in [1.29, 1.82) is 0 Å². The fourth-order valence-corrected chi connectivity index (χ4v) is 3.25. The number of rotatable bonds is 0. The van der Waals surface area contributed by atoms with Gasteiger partial charge in [-0.25, -0.2) is 0 Å². The van der Waals surface area contributed by atoms with Crippen LogP contribution in [-0.4, -0.2) is 5.78 Å². The Hall–Kier alpha value is -2.35. The molecule has 4 rings (SSSR count). The number of benzene rings is 2. The molecule has 0 unspecified atom stereocenters. The van der Waals surface area contributed by atoms with Crippen molar-refractivity contribution in [3.05, 3.63) is 59.2 Å². The monoisotopic (exact) mass is 276 g/mol. The number of hydrogen-bond acceptors (Lipinski definition) is 2. The molecule has 0 aromatic heterocycles. The van der Waals surface area contributed by atoms with E-state index in [0.717, 1.165) is 40.2 Å². The molecule has 0 atom stereocenters. The first-order valence-electron chi connectivity index (χ1n) is 7.34. The van der Waals surface area contributed by atoms with Gasteiger partial charge in [0.05, 0.1) is 0 Å². The van der Waals surface area contributed by atoms with Crippen LogP contribution in [0.15, 0.2) is 42.5 Å². The summed E-state index contributed by atoms with van der Waals surface area (Å²) < 4.78 is 6.16. The quantitative estimate of drug-likeness (QED) is 0.693. The van der Waals surface area contributed by atoms with Crippen LogP contribution in [0.5, 0.6) is 11.5 Å². The van der Waals surface area contributed by atoms with Crippen LogP contribution in [0.2, 0.25) is 0 Å². The van der Waals surface area contributed by atoms with Crippen molar-refractivity contribution in [2.75, 3.05) is 0 Å². The minimum atomic E-state index is 0.319. The van der Waals surface area contributed by atoms with E-state index in [-0.39, 0.29) is 0 Å². The number of hydrogen-bond donors (Lipinski definition) is 0. The lowest BCUT2D eigenvalue weighted by molar-refractivity contribution is -0.118. The zero-order valence-corrected chi connectivity index (χ0v) is 12.0. The number of para-hydroxylation sites is 1. The molecule has 0 amide bonds. The molecule has 0 bridgehead atoms. The second-order valence-corrected chi connectivity index (χ2v) is 5.77. The Morgan fingerprint density at radius 2 is 1.71 bits per heavy atom. The molecule has 0 saturated carbocycles. The molecule has 2 aromatic carbocycles. The number of ether oxygens (including phenoxy) is 1. The summed E-state index contributed by atoms with van der Waals surface area (Å²) in [6, 6.07) is 14.4. The molecule has 0 spiro atoms. The van der Waals surface area contributed by atoms with Crippen LogP contribution in [0.3, 0.4) is 0 Å². The van der Waals surface area contributed by atoms with Gasteiger partial charge in [-0.05, 0) is 42.2 Å². The SMILES string of the molecule is Cc1ccc2c(c1)Oc1ccccc1C1=C2CC(=O)CC1. The Balaban J connectivity index is 2.03. The molecule has 21 heavy (non-hydrogen) atoms. The third kappa shape index (κ3) is 1.99. The molecule has 1 aliphatic heterocycles. The molecular formula is C19H16O2. The van der Waals surface area contributed by atoms with Crippen LogP contribution in [-0.2, 0) is 4.79 Å². The summed E-state index contributed by atoms with van der Waals surface area (Å²) in [4.78, 5) is 11.9. The van der Waals surface area contributed by atoms with Crippen LogP contribution < -0.4 is 4.74 Å². The highest BCUT2D eigenvalue weighted by molar-refractivity contribution is 6.06. The van der Waals surface area contributed by atoms with Gasteiger partial charge in [-0.3, -0.25) is 4.79 Å². The summed E-state index contributed by atoms with van der Waals surface area (Å²) in [7, 11) is 0. The Morgan fingerprint density at radius 1 is 0.905 bits per heavy atom. The molecule has 0 radical (unpaired) electrons. The maximum atomic E-state index is 11.9. The molecule has 2 aliphatic rings. The molecule has 2 heteroatoms. The number of carbonyl (C=O) groups is 1. The van der Waals surface area contributed by atoms with E-state index in [1.54, 1.807) is 0 Å². The predicted octanol–water partition coefficient (Wildman–Crippen LogP) is 4.76. The maximum absolute atomic E-state index is 11.9. The van der Waals surface area contributed by atoms with E-state index in [1.165, 1.54) is 5.57 Å². The van der Waals surface area contributed by atoms with Crippen molar-refractivity contribution in [2.45, 2.75) is 26.2 Å². The van der Waals surface area contributed by atoms with Crippen LogP contribution in [0.1, 0.15) is 36.0 Å². The van der Waals surface area contributed by atoms with Crippen molar-refractivity contribution < 1.29 is 9.53 Å². The normalized spacial score (nSPS) is 16.5. The van der Waals surface area contributed by atoms with E-state index in [4.69, 9.17) is 4.74 Å². The van der Waals surface area contributed by atoms with Crippen molar-refractivity contribution in [2.24, 2.45) is 0 Å². The Bertz CT molecular complexity index is 784. The van der Waals surface area contributed by atoms with Gasteiger partial charge in [-0.1, -0.05) is 30.3 Å². The molecule has 1 heterocycles. The Kier molecular flexibility index (Phi) is 2.71. The highest BCUT2D eigenvalue weighted by Crippen LogP contribution is 2.47. The van der Waals surface area contributed by atoms with Gasteiger partial charge in [-0.15, -0.1) is 0 Å². The summed E-state index contributed by atoms with van der Waals surface area (Å²) in [6.45, 7) is 2.06. The first kappa shape index (κ1) is 12.4. The lowest BCUT2D eigenvalue weighted by atomic mass is 9.83. The van der Waals surface area contributed by atoms with E-state index < -0.39 is 0 Å². The third-order valence-electron chi connectivity index (χ3n) is 4.29. The van der Waals surface area contributed by atoms with Crippen molar-refractivity contribution in [1.82, 2.24) is 0 Å².